The van der Waals surface area contributed by atoms with Gasteiger partial charge in [0.25, 0.3) is 0 Å². The number of benzene rings is 1. The minimum absolute atomic E-state index is 0.414. The third-order valence-corrected chi connectivity index (χ3v) is 3.75. The molecule has 112 valence electrons. The molecule has 1 aromatic carbocycles. The van der Waals surface area contributed by atoms with Gasteiger partial charge in [-0.1, -0.05) is 12.1 Å². The zero-order valence-electron chi connectivity index (χ0n) is 12.1. The summed E-state index contributed by atoms with van der Waals surface area (Å²) in [5.74, 6) is 0.169. The maximum Gasteiger partial charge on any atom is 0.225 e. The number of piperazine rings is 1. The van der Waals surface area contributed by atoms with Crippen LogP contribution in [0.5, 0.6) is 0 Å². The molecule has 0 aliphatic carbocycles. The van der Waals surface area contributed by atoms with Crippen LogP contribution in [-0.2, 0) is 6.54 Å². The average Bonchev–Trinajstić information content (AvgIpc) is 2.57. The second kappa shape index (κ2) is 6.50. The predicted octanol–water partition coefficient (Wildman–Crippen LogP) is 1.81. The first-order valence-corrected chi connectivity index (χ1v) is 7.18. The third-order valence-electron chi connectivity index (χ3n) is 3.75. The molecule has 0 amide bonds. The summed E-state index contributed by atoms with van der Waals surface area (Å²) < 4.78 is 12.8. The maximum atomic E-state index is 12.8. The van der Waals surface area contributed by atoms with Gasteiger partial charge in [-0.3, -0.25) is 4.90 Å². The molecule has 1 aromatic heterocycles. The Kier molecular flexibility index (Phi) is 4.26. The van der Waals surface area contributed by atoms with Crippen LogP contribution in [0.2, 0.25) is 0 Å². The van der Waals surface area contributed by atoms with Gasteiger partial charge in [0, 0.05) is 32.7 Å². The highest BCUT2D eigenvalue weighted by Gasteiger charge is 2.18. The predicted molar refractivity (Wildman–Crippen MR) is 80.6 cm³/mol. The van der Waals surface area contributed by atoms with Crippen molar-refractivity contribution in [2.75, 3.05) is 31.1 Å². The number of hydrogen-bond acceptors (Lipinski definition) is 5. The lowest BCUT2D eigenvalue weighted by molar-refractivity contribution is 0.248. The maximum absolute atomic E-state index is 12.8. The number of aromatic nitrogens is 2. The van der Waals surface area contributed by atoms with Gasteiger partial charge in [-0.25, -0.2) is 14.4 Å². The van der Waals surface area contributed by atoms with Crippen molar-refractivity contribution >= 4 is 5.95 Å². The average molecular weight is 297 g/mol. The molecule has 1 aliphatic heterocycles. The molecule has 0 bridgehead atoms. The summed E-state index contributed by atoms with van der Waals surface area (Å²) in [7, 11) is 0. The fourth-order valence-corrected chi connectivity index (χ4v) is 2.52. The Morgan fingerprint density at radius 1 is 1.05 bits per heavy atom. The van der Waals surface area contributed by atoms with Crippen molar-refractivity contribution in [1.29, 1.82) is 5.26 Å². The first-order chi connectivity index (χ1) is 10.7. The summed E-state index contributed by atoms with van der Waals surface area (Å²) in [6.45, 7) is 4.31. The van der Waals surface area contributed by atoms with Gasteiger partial charge in [-0.05, 0) is 17.7 Å². The Labute approximate surface area is 128 Å². The van der Waals surface area contributed by atoms with E-state index in [0.717, 1.165) is 32.7 Å². The van der Waals surface area contributed by atoms with Gasteiger partial charge >= 0.3 is 0 Å². The fraction of sp³-hybridized carbons (Fsp3) is 0.312. The van der Waals surface area contributed by atoms with Crippen molar-refractivity contribution in [1.82, 2.24) is 14.9 Å². The normalized spacial score (nSPS) is 15.5. The first-order valence-electron chi connectivity index (χ1n) is 7.18. The molecule has 0 unspecified atom stereocenters. The van der Waals surface area contributed by atoms with E-state index < -0.39 is 5.82 Å². The van der Waals surface area contributed by atoms with E-state index in [9.17, 15) is 4.39 Å². The highest BCUT2D eigenvalue weighted by atomic mass is 19.1. The smallest absolute Gasteiger partial charge is 0.225 e. The highest BCUT2D eigenvalue weighted by molar-refractivity contribution is 5.32. The summed E-state index contributed by atoms with van der Waals surface area (Å²) in [4.78, 5) is 12.5. The van der Waals surface area contributed by atoms with E-state index >= 15 is 0 Å². The Hall–Kier alpha value is -2.52. The highest BCUT2D eigenvalue weighted by Crippen LogP contribution is 2.13. The van der Waals surface area contributed by atoms with Crippen molar-refractivity contribution < 1.29 is 4.39 Å². The van der Waals surface area contributed by atoms with Crippen LogP contribution in [0.25, 0.3) is 0 Å². The molecule has 1 fully saturated rings. The summed E-state index contributed by atoms with van der Waals surface area (Å²) in [6, 6.07) is 9.80. The lowest BCUT2D eigenvalue weighted by atomic mass is 10.1. The molecule has 2 aromatic rings. The molecule has 2 heterocycles. The lowest BCUT2D eigenvalue weighted by Crippen LogP contribution is -2.46. The van der Waals surface area contributed by atoms with Gasteiger partial charge in [0.15, 0.2) is 5.82 Å². The molecular formula is C16H16FN5. The van der Waals surface area contributed by atoms with Crippen LogP contribution in [0, 0.1) is 17.1 Å². The molecule has 5 nitrogen and oxygen atoms in total. The van der Waals surface area contributed by atoms with E-state index in [2.05, 4.69) is 25.8 Å². The minimum Gasteiger partial charge on any atom is -0.338 e. The van der Waals surface area contributed by atoms with E-state index in [1.807, 2.05) is 24.3 Å². The number of halogens is 1. The topological polar surface area (TPSA) is 56.1 Å². The summed E-state index contributed by atoms with van der Waals surface area (Å²) in [5, 5.41) is 8.80. The Bertz CT molecular complexity index is 654. The molecule has 3 rings (SSSR count). The van der Waals surface area contributed by atoms with Crippen molar-refractivity contribution in [2.45, 2.75) is 6.54 Å². The lowest BCUT2D eigenvalue weighted by Gasteiger charge is -2.34. The van der Waals surface area contributed by atoms with Crippen molar-refractivity contribution in [3.8, 4) is 6.07 Å². The molecule has 22 heavy (non-hydrogen) atoms. The standard InChI is InChI=1S/C16H16FN5/c17-15-10-19-16(20-11-15)22-7-5-21(6-8-22)12-14-3-1-13(9-18)2-4-14/h1-4,10-11H,5-8,12H2. The minimum atomic E-state index is -0.414. The van der Waals surface area contributed by atoms with Crippen LogP contribution in [0.1, 0.15) is 11.1 Å². The van der Waals surface area contributed by atoms with Gasteiger partial charge in [-0.15, -0.1) is 0 Å². The SMILES string of the molecule is N#Cc1ccc(CN2CCN(c3ncc(F)cn3)CC2)cc1. The molecule has 6 heteroatoms. The van der Waals surface area contributed by atoms with Gasteiger partial charge in [0.05, 0.1) is 24.0 Å². The molecule has 0 N–H and O–H groups in total. The molecule has 0 radical (unpaired) electrons. The third kappa shape index (κ3) is 3.38. The van der Waals surface area contributed by atoms with Gasteiger partial charge < -0.3 is 4.90 Å². The monoisotopic (exact) mass is 297 g/mol. The second-order valence-electron chi connectivity index (χ2n) is 5.27. The molecule has 0 saturated carbocycles. The first kappa shape index (κ1) is 14.4. The molecule has 0 spiro atoms. The Balaban J connectivity index is 1.55. The van der Waals surface area contributed by atoms with Gasteiger partial charge in [0.2, 0.25) is 5.95 Å². The van der Waals surface area contributed by atoms with E-state index in [1.54, 1.807) is 0 Å². The summed E-state index contributed by atoms with van der Waals surface area (Å²) in [5.41, 5.74) is 1.88. The molecular weight excluding hydrogens is 281 g/mol. The van der Waals surface area contributed by atoms with Crippen molar-refractivity contribution in [3.05, 3.63) is 53.6 Å². The number of anilines is 1. The van der Waals surface area contributed by atoms with Crippen LogP contribution in [0.3, 0.4) is 0 Å². The van der Waals surface area contributed by atoms with E-state index in [0.29, 0.717) is 11.5 Å². The second-order valence-corrected chi connectivity index (χ2v) is 5.27. The molecule has 1 aliphatic rings. The van der Waals surface area contributed by atoms with E-state index in [-0.39, 0.29) is 0 Å². The van der Waals surface area contributed by atoms with Crippen LogP contribution >= 0.6 is 0 Å². The zero-order valence-corrected chi connectivity index (χ0v) is 12.1. The van der Waals surface area contributed by atoms with E-state index in [1.165, 1.54) is 18.0 Å². The Morgan fingerprint density at radius 3 is 2.27 bits per heavy atom. The summed E-state index contributed by atoms with van der Waals surface area (Å²) >= 11 is 0. The molecule has 1 saturated heterocycles. The van der Waals surface area contributed by atoms with Crippen LogP contribution in [0.15, 0.2) is 36.7 Å². The van der Waals surface area contributed by atoms with Gasteiger partial charge in [0.1, 0.15) is 0 Å². The van der Waals surface area contributed by atoms with Crippen molar-refractivity contribution in [2.24, 2.45) is 0 Å². The zero-order chi connectivity index (χ0) is 15.4. The van der Waals surface area contributed by atoms with Crippen LogP contribution in [0.4, 0.5) is 10.3 Å². The quantitative estimate of drug-likeness (QED) is 0.865. The molecule has 0 atom stereocenters. The van der Waals surface area contributed by atoms with Gasteiger partial charge in [-0.2, -0.15) is 5.26 Å². The largest absolute Gasteiger partial charge is 0.338 e. The van der Waals surface area contributed by atoms with Crippen molar-refractivity contribution in [3.63, 3.8) is 0 Å². The summed E-state index contributed by atoms with van der Waals surface area (Å²) in [6.07, 6.45) is 2.40. The van der Waals surface area contributed by atoms with E-state index in [4.69, 9.17) is 5.26 Å². The number of nitrogens with zero attached hydrogens (tertiary/aromatic N) is 5. The fourth-order valence-electron chi connectivity index (χ4n) is 2.52. The van der Waals surface area contributed by atoms with Crippen LogP contribution < -0.4 is 4.90 Å². The number of rotatable bonds is 3. The number of hydrogen-bond donors (Lipinski definition) is 0. The Morgan fingerprint density at radius 2 is 1.68 bits per heavy atom. The number of nitriles is 1. The van der Waals surface area contributed by atoms with Crippen LogP contribution in [-0.4, -0.2) is 41.0 Å².